The van der Waals surface area contributed by atoms with Gasteiger partial charge in [-0.15, -0.1) is 0 Å². The first-order valence-corrected chi connectivity index (χ1v) is 10.5. The minimum absolute atomic E-state index is 0.109. The van der Waals surface area contributed by atoms with E-state index >= 15 is 0 Å². The average Bonchev–Trinajstić information content (AvgIpc) is 2.50. The molecule has 0 bridgehead atoms. The standard InChI is InChI=1S/C14H15IN2O4S2/c1-10-8-11(15)6-7-14(10)17-23(20,21)13-5-3-4-12(9-13)22(18,19)16-2/h3-9,16-17H,1-2H3. The number of halogens is 1. The Morgan fingerprint density at radius 3 is 2.09 bits per heavy atom. The summed E-state index contributed by atoms with van der Waals surface area (Å²) in [6.45, 7) is 1.79. The van der Waals surface area contributed by atoms with Crippen molar-refractivity contribution < 1.29 is 16.8 Å². The van der Waals surface area contributed by atoms with E-state index in [1.54, 1.807) is 19.1 Å². The fourth-order valence-corrected chi connectivity index (χ4v) is 4.54. The van der Waals surface area contributed by atoms with Gasteiger partial charge in [0, 0.05) is 3.57 Å². The van der Waals surface area contributed by atoms with Crippen LogP contribution >= 0.6 is 22.6 Å². The minimum Gasteiger partial charge on any atom is -0.279 e. The monoisotopic (exact) mass is 466 g/mol. The van der Waals surface area contributed by atoms with Crippen molar-refractivity contribution in [2.75, 3.05) is 11.8 Å². The lowest BCUT2D eigenvalue weighted by molar-refractivity contribution is 0.588. The molecular formula is C14H15IN2O4S2. The van der Waals surface area contributed by atoms with Crippen molar-refractivity contribution >= 4 is 48.3 Å². The summed E-state index contributed by atoms with van der Waals surface area (Å²) in [7, 11) is -6.33. The van der Waals surface area contributed by atoms with Gasteiger partial charge in [0.1, 0.15) is 0 Å². The number of rotatable bonds is 5. The SMILES string of the molecule is CNS(=O)(=O)c1cccc(S(=O)(=O)Nc2ccc(I)cc2C)c1. The molecule has 0 fully saturated rings. The Morgan fingerprint density at radius 2 is 1.52 bits per heavy atom. The van der Waals surface area contributed by atoms with E-state index in [0.29, 0.717) is 5.69 Å². The molecule has 0 aliphatic rings. The van der Waals surface area contributed by atoms with Gasteiger partial charge in [-0.2, -0.15) is 0 Å². The molecule has 0 saturated heterocycles. The molecule has 2 aromatic rings. The summed E-state index contributed by atoms with van der Waals surface area (Å²) in [6, 6.07) is 10.5. The lowest BCUT2D eigenvalue weighted by atomic mass is 10.2. The highest BCUT2D eigenvalue weighted by atomic mass is 127. The van der Waals surface area contributed by atoms with Gasteiger partial charge in [0.2, 0.25) is 10.0 Å². The van der Waals surface area contributed by atoms with Crippen LogP contribution in [0.1, 0.15) is 5.56 Å². The summed E-state index contributed by atoms with van der Waals surface area (Å²) in [5.41, 5.74) is 1.23. The van der Waals surface area contributed by atoms with Crippen molar-refractivity contribution in [3.8, 4) is 0 Å². The molecule has 0 heterocycles. The van der Waals surface area contributed by atoms with E-state index in [1.165, 1.54) is 25.2 Å². The van der Waals surface area contributed by atoms with E-state index in [-0.39, 0.29) is 9.79 Å². The van der Waals surface area contributed by atoms with Crippen LogP contribution < -0.4 is 9.44 Å². The molecule has 0 aliphatic carbocycles. The fourth-order valence-electron chi connectivity index (χ4n) is 1.87. The van der Waals surface area contributed by atoms with Crippen LogP contribution in [-0.2, 0) is 20.0 Å². The van der Waals surface area contributed by atoms with Gasteiger partial charge in [-0.1, -0.05) is 6.07 Å². The summed E-state index contributed by atoms with van der Waals surface area (Å²) in [6.07, 6.45) is 0. The third-order valence-electron chi connectivity index (χ3n) is 3.13. The van der Waals surface area contributed by atoms with Gasteiger partial charge < -0.3 is 0 Å². The number of aryl methyl sites for hydroxylation is 1. The number of anilines is 1. The predicted octanol–water partition coefficient (Wildman–Crippen LogP) is 2.31. The number of sulfonamides is 2. The van der Waals surface area contributed by atoms with E-state index in [1.807, 2.05) is 6.07 Å². The molecule has 0 unspecified atom stereocenters. The van der Waals surface area contributed by atoms with Gasteiger partial charge in [-0.05, 0) is 78.5 Å². The highest BCUT2D eigenvalue weighted by Gasteiger charge is 2.19. The van der Waals surface area contributed by atoms with Crippen LogP contribution in [0.15, 0.2) is 52.3 Å². The normalized spacial score (nSPS) is 12.1. The van der Waals surface area contributed by atoms with Gasteiger partial charge in [-0.25, -0.2) is 21.6 Å². The Hall–Kier alpha value is -1.17. The van der Waals surface area contributed by atoms with E-state index in [4.69, 9.17) is 0 Å². The molecular weight excluding hydrogens is 451 g/mol. The summed E-state index contributed by atoms with van der Waals surface area (Å²) in [4.78, 5) is -0.228. The smallest absolute Gasteiger partial charge is 0.261 e. The largest absolute Gasteiger partial charge is 0.279 e. The van der Waals surface area contributed by atoms with Crippen molar-refractivity contribution in [2.24, 2.45) is 0 Å². The van der Waals surface area contributed by atoms with Crippen LogP contribution in [0.5, 0.6) is 0 Å². The van der Waals surface area contributed by atoms with Crippen LogP contribution in [0.2, 0.25) is 0 Å². The average molecular weight is 466 g/mol. The Kier molecular flexibility index (Phi) is 5.33. The molecule has 2 N–H and O–H groups in total. The van der Waals surface area contributed by atoms with Crippen molar-refractivity contribution in [1.29, 1.82) is 0 Å². The number of benzene rings is 2. The summed E-state index contributed by atoms with van der Waals surface area (Å²) >= 11 is 2.14. The molecule has 0 radical (unpaired) electrons. The third-order valence-corrected chi connectivity index (χ3v) is 6.57. The van der Waals surface area contributed by atoms with Crippen molar-refractivity contribution in [3.63, 3.8) is 0 Å². The lowest BCUT2D eigenvalue weighted by Crippen LogP contribution is -2.20. The van der Waals surface area contributed by atoms with E-state index < -0.39 is 20.0 Å². The number of hydrogen-bond acceptors (Lipinski definition) is 4. The predicted molar refractivity (Wildman–Crippen MR) is 97.4 cm³/mol. The van der Waals surface area contributed by atoms with Crippen LogP contribution in [-0.4, -0.2) is 23.9 Å². The number of nitrogens with one attached hydrogen (secondary N) is 2. The first-order valence-electron chi connectivity index (χ1n) is 6.48. The second kappa shape index (κ2) is 6.75. The summed E-state index contributed by atoms with van der Waals surface area (Å²) in [5, 5.41) is 0. The van der Waals surface area contributed by atoms with Gasteiger partial charge in [0.25, 0.3) is 10.0 Å². The van der Waals surface area contributed by atoms with Crippen LogP contribution in [0.3, 0.4) is 0 Å². The molecule has 0 atom stereocenters. The Morgan fingerprint density at radius 1 is 0.913 bits per heavy atom. The van der Waals surface area contributed by atoms with Gasteiger partial charge in [-0.3, -0.25) is 4.72 Å². The van der Waals surface area contributed by atoms with E-state index in [9.17, 15) is 16.8 Å². The second-order valence-corrected chi connectivity index (χ2v) is 9.56. The minimum atomic E-state index is -3.88. The quantitative estimate of drug-likeness (QED) is 0.662. The molecule has 0 saturated carbocycles. The van der Waals surface area contributed by atoms with Gasteiger partial charge in [0.15, 0.2) is 0 Å². The fraction of sp³-hybridized carbons (Fsp3) is 0.143. The maximum atomic E-state index is 12.5. The topological polar surface area (TPSA) is 92.3 Å². The van der Waals surface area contributed by atoms with Crippen LogP contribution in [0.25, 0.3) is 0 Å². The van der Waals surface area contributed by atoms with Gasteiger partial charge in [0.05, 0.1) is 15.5 Å². The maximum absolute atomic E-state index is 12.5. The summed E-state index contributed by atoms with van der Waals surface area (Å²) in [5.74, 6) is 0. The van der Waals surface area contributed by atoms with Crippen molar-refractivity contribution in [3.05, 3.63) is 51.6 Å². The molecule has 23 heavy (non-hydrogen) atoms. The van der Waals surface area contributed by atoms with Crippen LogP contribution in [0.4, 0.5) is 5.69 Å². The first-order chi connectivity index (χ1) is 10.7. The Balaban J connectivity index is 2.42. The highest BCUT2D eigenvalue weighted by Crippen LogP contribution is 2.23. The molecule has 6 nitrogen and oxygen atoms in total. The third kappa shape index (κ3) is 4.22. The number of hydrogen-bond donors (Lipinski definition) is 2. The second-order valence-electron chi connectivity index (χ2n) is 4.75. The molecule has 0 amide bonds. The Labute approximate surface area is 149 Å². The molecule has 0 aliphatic heterocycles. The first kappa shape index (κ1) is 18.2. The Bertz CT molecular complexity index is 941. The van der Waals surface area contributed by atoms with Crippen molar-refractivity contribution in [1.82, 2.24) is 4.72 Å². The lowest BCUT2D eigenvalue weighted by Gasteiger charge is -2.12. The van der Waals surface area contributed by atoms with E-state index in [2.05, 4.69) is 32.0 Å². The molecule has 2 aromatic carbocycles. The highest BCUT2D eigenvalue weighted by molar-refractivity contribution is 14.1. The molecule has 9 heteroatoms. The molecule has 0 aromatic heterocycles. The molecule has 2 rings (SSSR count). The maximum Gasteiger partial charge on any atom is 0.261 e. The van der Waals surface area contributed by atoms with Crippen molar-refractivity contribution in [2.45, 2.75) is 16.7 Å². The van der Waals surface area contributed by atoms with E-state index in [0.717, 1.165) is 15.2 Å². The zero-order valence-corrected chi connectivity index (χ0v) is 16.2. The zero-order chi connectivity index (χ0) is 17.3. The summed E-state index contributed by atoms with van der Waals surface area (Å²) < 4.78 is 54.2. The van der Waals surface area contributed by atoms with Gasteiger partial charge >= 0.3 is 0 Å². The molecule has 124 valence electrons. The molecule has 0 spiro atoms. The zero-order valence-electron chi connectivity index (χ0n) is 12.4. The van der Waals surface area contributed by atoms with Crippen LogP contribution in [0, 0.1) is 10.5 Å².